The predicted octanol–water partition coefficient (Wildman–Crippen LogP) is 4.34. The van der Waals surface area contributed by atoms with Gasteiger partial charge >= 0.3 is 12.1 Å². The summed E-state index contributed by atoms with van der Waals surface area (Å²) in [5.41, 5.74) is -0.471. The van der Waals surface area contributed by atoms with Crippen LogP contribution in [0.15, 0.2) is 10.5 Å². The van der Waals surface area contributed by atoms with E-state index in [1.54, 1.807) is 13.0 Å². The molecule has 0 spiro atoms. The number of carbonyl (C=O) groups excluding carboxylic acids is 2. The number of nitrogens with zero attached hydrogens (tertiary/aromatic N) is 2. The molecule has 27 heavy (non-hydrogen) atoms. The molecular formula is C16H15BrF3N3O3S. The minimum absolute atomic E-state index is 0.0506. The van der Waals surface area contributed by atoms with E-state index in [1.807, 2.05) is 0 Å². The van der Waals surface area contributed by atoms with Crippen molar-refractivity contribution in [1.82, 2.24) is 9.78 Å². The van der Waals surface area contributed by atoms with Gasteiger partial charge in [-0.3, -0.25) is 9.48 Å². The normalized spacial score (nSPS) is 14.3. The zero-order valence-electron chi connectivity index (χ0n) is 14.3. The summed E-state index contributed by atoms with van der Waals surface area (Å²) in [7, 11) is 1.22. The molecular weight excluding hydrogens is 451 g/mol. The maximum atomic E-state index is 13.1. The molecule has 2 aromatic rings. The smallest absolute Gasteiger partial charge is 0.436 e. The van der Waals surface area contributed by atoms with Gasteiger partial charge in [0.2, 0.25) is 5.91 Å². The summed E-state index contributed by atoms with van der Waals surface area (Å²) in [4.78, 5) is 25.0. The zero-order valence-corrected chi connectivity index (χ0v) is 16.7. The van der Waals surface area contributed by atoms with Gasteiger partial charge < -0.3 is 10.1 Å². The van der Waals surface area contributed by atoms with Crippen LogP contribution in [-0.2, 0) is 22.3 Å². The second-order valence-corrected chi connectivity index (χ2v) is 8.17. The van der Waals surface area contributed by atoms with Crippen LogP contribution < -0.4 is 5.32 Å². The molecule has 1 fully saturated rings. The van der Waals surface area contributed by atoms with Crippen molar-refractivity contribution in [1.29, 1.82) is 0 Å². The van der Waals surface area contributed by atoms with E-state index in [9.17, 15) is 22.8 Å². The number of methoxy groups -OCH3 is 1. The molecule has 1 saturated carbocycles. The number of hydrogen-bond acceptors (Lipinski definition) is 5. The number of aromatic nitrogens is 2. The second kappa shape index (κ2) is 7.27. The van der Waals surface area contributed by atoms with Gasteiger partial charge in [0.1, 0.15) is 11.5 Å². The summed E-state index contributed by atoms with van der Waals surface area (Å²) in [5.74, 6) is -1.23. The summed E-state index contributed by atoms with van der Waals surface area (Å²) in [6.07, 6.45) is -3.12. The lowest BCUT2D eigenvalue weighted by Gasteiger charge is -2.08. The standard InChI is InChI=1S/C16H15BrF3N3O3S/c1-7-5-9(15(25)26-2)14(27-7)21-10(24)6-23-12(8-3-4-8)11(17)13(22-23)16(18,19)20/h5,8H,3-4,6H2,1-2H3,(H,21,24). The predicted molar refractivity (Wildman–Crippen MR) is 95.9 cm³/mol. The molecule has 0 aliphatic heterocycles. The van der Waals surface area contributed by atoms with Gasteiger partial charge in [-0.05, 0) is 41.8 Å². The van der Waals surface area contributed by atoms with E-state index in [2.05, 4.69) is 31.1 Å². The van der Waals surface area contributed by atoms with Crippen LogP contribution in [0, 0.1) is 6.92 Å². The average Bonchev–Trinajstić information content (AvgIpc) is 3.25. The third kappa shape index (κ3) is 4.18. The van der Waals surface area contributed by atoms with Crippen molar-refractivity contribution in [2.45, 2.75) is 38.4 Å². The lowest BCUT2D eigenvalue weighted by atomic mass is 10.2. The van der Waals surface area contributed by atoms with Gasteiger partial charge in [-0.15, -0.1) is 11.3 Å². The van der Waals surface area contributed by atoms with Crippen LogP contribution in [0.3, 0.4) is 0 Å². The Hall–Kier alpha value is -1.88. The Morgan fingerprint density at radius 2 is 2.11 bits per heavy atom. The first-order valence-electron chi connectivity index (χ1n) is 7.93. The Kier molecular flexibility index (Phi) is 5.35. The third-order valence-electron chi connectivity index (χ3n) is 3.97. The summed E-state index contributed by atoms with van der Waals surface area (Å²) in [6.45, 7) is 1.37. The van der Waals surface area contributed by atoms with Crippen LogP contribution in [-0.4, -0.2) is 28.8 Å². The monoisotopic (exact) mass is 465 g/mol. The summed E-state index contributed by atoms with van der Waals surface area (Å²) in [6, 6.07) is 1.58. The minimum atomic E-state index is -4.62. The summed E-state index contributed by atoms with van der Waals surface area (Å²) in [5, 5.41) is 6.46. The van der Waals surface area contributed by atoms with Crippen molar-refractivity contribution in [3.63, 3.8) is 0 Å². The minimum Gasteiger partial charge on any atom is -0.465 e. The number of hydrogen-bond donors (Lipinski definition) is 1. The molecule has 0 atom stereocenters. The highest BCUT2D eigenvalue weighted by Gasteiger charge is 2.42. The molecule has 1 aliphatic rings. The van der Waals surface area contributed by atoms with Crippen molar-refractivity contribution < 1.29 is 27.5 Å². The lowest BCUT2D eigenvalue weighted by molar-refractivity contribution is -0.142. The number of alkyl halides is 3. The molecule has 0 radical (unpaired) electrons. The molecule has 1 aliphatic carbocycles. The topological polar surface area (TPSA) is 73.2 Å². The van der Waals surface area contributed by atoms with Gasteiger partial charge in [0.05, 0.1) is 22.8 Å². The number of aryl methyl sites for hydroxylation is 1. The van der Waals surface area contributed by atoms with E-state index in [4.69, 9.17) is 0 Å². The first kappa shape index (κ1) is 19.9. The molecule has 2 heterocycles. The molecule has 3 rings (SSSR count). The fourth-order valence-corrected chi connectivity index (χ4v) is 4.42. The SMILES string of the molecule is COC(=O)c1cc(C)sc1NC(=O)Cn1nc(C(F)(F)F)c(Br)c1C1CC1. The molecule has 146 valence electrons. The van der Waals surface area contributed by atoms with Gasteiger partial charge in [-0.2, -0.15) is 18.3 Å². The average molecular weight is 466 g/mol. The van der Waals surface area contributed by atoms with Crippen molar-refractivity contribution in [3.05, 3.63) is 32.4 Å². The molecule has 2 aromatic heterocycles. The van der Waals surface area contributed by atoms with E-state index in [0.29, 0.717) is 10.7 Å². The van der Waals surface area contributed by atoms with Crippen LogP contribution in [0.4, 0.5) is 18.2 Å². The fraction of sp³-hybridized carbons (Fsp3) is 0.438. The van der Waals surface area contributed by atoms with Crippen LogP contribution >= 0.6 is 27.3 Å². The van der Waals surface area contributed by atoms with E-state index < -0.39 is 30.3 Å². The summed E-state index contributed by atoms with van der Waals surface area (Å²) >= 11 is 4.17. The molecule has 6 nitrogen and oxygen atoms in total. The number of esters is 1. The molecule has 11 heteroatoms. The van der Waals surface area contributed by atoms with Gasteiger partial charge in [0.25, 0.3) is 0 Å². The molecule has 0 unspecified atom stereocenters. The number of rotatable bonds is 5. The molecule has 0 aromatic carbocycles. The molecule has 1 amide bonds. The quantitative estimate of drug-likeness (QED) is 0.666. The number of thiophene rings is 1. The van der Waals surface area contributed by atoms with E-state index >= 15 is 0 Å². The summed E-state index contributed by atoms with van der Waals surface area (Å²) < 4.78 is 45.0. The van der Waals surface area contributed by atoms with Crippen LogP contribution in [0.5, 0.6) is 0 Å². The number of amides is 1. The fourth-order valence-electron chi connectivity index (χ4n) is 2.67. The number of nitrogens with one attached hydrogen (secondary N) is 1. The van der Waals surface area contributed by atoms with E-state index in [-0.39, 0.29) is 16.0 Å². The Bertz CT molecular complexity index is 903. The Labute approximate surface area is 164 Å². The number of anilines is 1. The van der Waals surface area contributed by atoms with Crippen molar-refractivity contribution in [2.24, 2.45) is 0 Å². The second-order valence-electron chi connectivity index (χ2n) is 6.12. The Balaban J connectivity index is 1.84. The first-order chi connectivity index (χ1) is 12.6. The zero-order chi connectivity index (χ0) is 19.9. The highest BCUT2D eigenvalue weighted by atomic mass is 79.9. The third-order valence-corrected chi connectivity index (χ3v) is 5.72. The van der Waals surface area contributed by atoms with Gasteiger partial charge in [-0.25, -0.2) is 4.79 Å². The highest BCUT2D eigenvalue weighted by Crippen LogP contribution is 2.47. The van der Waals surface area contributed by atoms with Crippen LogP contribution in [0.2, 0.25) is 0 Å². The Morgan fingerprint density at radius 1 is 1.44 bits per heavy atom. The van der Waals surface area contributed by atoms with E-state index in [1.165, 1.54) is 18.4 Å². The van der Waals surface area contributed by atoms with E-state index in [0.717, 1.165) is 22.4 Å². The molecule has 0 saturated heterocycles. The largest absolute Gasteiger partial charge is 0.465 e. The van der Waals surface area contributed by atoms with Crippen LogP contribution in [0.25, 0.3) is 0 Å². The van der Waals surface area contributed by atoms with Crippen molar-refractivity contribution in [3.8, 4) is 0 Å². The maximum absolute atomic E-state index is 13.1. The molecule has 1 N–H and O–H groups in total. The number of halogens is 4. The van der Waals surface area contributed by atoms with Crippen LogP contribution in [0.1, 0.15) is 45.4 Å². The number of ether oxygens (including phenoxy) is 1. The van der Waals surface area contributed by atoms with Crippen molar-refractivity contribution in [2.75, 3.05) is 12.4 Å². The van der Waals surface area contributed by atoms with Gasteiger partial charge in [-0.1, -0.05) is 0 Å². The van der Waals surface area contributed by atoms with Gasteiger partial charge in [0, 0.05) is 10.8 Å². The lowest BCUT2D eigenvalue weighted by Crippen LogP contribution is -2.21. The number of carbonyl (C=O) groups is 2. The van der Waals surface area contributed by atoms with Gasteiger partial charge in [0.15, 0.2) is 5.69 Å². The van der Waals surface area contributed by atoms with Crippen molar-refractivity contribution >= 4 is 44.1 Å². The highest BCUT2D eigenvalue weighted by molar-refractivity contribution is 9.10. The molecule has 0 bridgehead atoms. The Morgan fingerprint density at radius 3 is 2.67 bits per heavy atom. The first-order valence-corrected chi connectivity index (χ1v) is 9.54. The maximum Gasteiger partial charge on any atom is 0.436 e.